The Morgan fingerprint density at radius 2 is 0.800 bits per heavy atom. The van der Waals surface area contributed by atoms with Crippen LogP contribution in [0.4, 0.5) is 17.1 Å². The van der Waals surface area contributed by atoms with Crippen LogP contribution >= 0.6 is 0 Å². The van der Waals surface area contributed by atoms with Crippen molar-refractivity contribution in [2.75, 3.05) is 4.90 Å². The Morgan fingerprint density at radius 1 is 0.300 bits per heavy atom. The van der Waals surface area contributed by atoms with Gasteiger partial charge >= 0.3 is 0 Å². The lowest BCUT2D eigenvalue weighted by Crippen LogP contribution is -2.10. The Bertz CT molecular complexity index is 2560. The van der Waals surface area contributed by atoms with E-state index in [1.165, 1.54) is 27.8 Å². The number of hydrogen-bond acceptors (Lipinski definition) is 2. The van der Waals surface area contributed by atoms with E-state index < -0.39 is 0 Å². The number of para-hydroxylation sites is 3. The predicted octanol–water partition coefficient (Wildman–Crippen LogP) is 13.7. The van der Waals surface area contributed by atoms with E-state index in [4.69, 9.17) is 4.42 Å². The lowest BCUT2D eigenvalue weighted by atomic mass is 9.91. The smallest absolute Gasteiger partial charge is 0.159 e. The molecular formula is C48H33NO. The maximum Gasteiger partial charge on any atom is 0.159 e. The van der Waals surface area contributed by atoms with E-state index in [1.54, 1.807) is 0 Å². The number of rotatable bonds is 7. The van der Waals surface area contributed by atoms with Gasteiger partial charge in [-0.05, 0) is 75.3 Å². The molecule has 2 nitrogen and oxygen atoms in total. The molecule has 9 rings (SSSR count). The molecule has 0 atom stereocenters. The van der Waals surface area contributed by atoms with Crippen LogP contribution in [0.15, 0.2) is 205 Å². The Morgan fingerprint density at radius 3 is 1.44 bits per heavy atom. The summed E-state index contributed by atoms with van der Waals surface area (Å²) in [5.74, 6) is 0. The van der Waals surface area contributed by atoms with Gasteiger partial charge in [0.05, 0.1) is 5.69 Å². The van der Waals surface area contributed by atoms with Crippen molar-refractivity contribution >= 4 is 39.0 Å². The normalized spacial score (nSPS) is 11.2. The first-order chi connectivity index (χ1) is 24.8. The number of anilines is 3. The van der Waals surface area contributed by atoms with Gasteiger partial charge in [-0.2, -0.15) is 0 Å². The molecule has 0 aliphatic rings. The van der Waals surface area contributed by atoms with Crippen LogP contribution in [0.1, 0.15) is 0 Å². The second-order valence-electron chi connectivity index (χ2n) is 12.5. The maximum atomic E-state index is 6.85. The lowest BCUT2D eigenvalue weighted by Gasteiger charge is -2.25. The van der Waals surface area contributed by atoms with Gasteiger partial charge in [0.15, 0.2) is 5.58 Å². The molecule has 8 aromatic carbocycles. The molecule has 0 amide bonds. The molecule has 2 heteroatoms. The molecule has 0 unspecified atom stereocenters. The van der Waals surface area contributed by atoms with Crippen LogP contribution in [-0.4, -0.2) is 0 Å². The van der Waals surface area contributed by atoms with E-state index in [9.17, 15) is 0 Å². The summed E-state index contributed by atoms with van der Waals surface area (Å²) in [7, 11) is 0. The van der Waals surface area contributed by atoms with Gasteiger partial charge in [0, 0.05) is 27.7 Å². The highest BCUT2D eigenvalue weighted by atomic mass is 16.3. The van der Waals surface area contributed by atoms with Gasteiger partial charge in [-0.25, -0.2) is 0 Å². The fourth-order valence-corrected chi connectivity index (χ4v) is 7.08. The summed E-state index contributed by atoms with van der Waals surface area (Å²) < 4.78 is 6.85. The van der Waals surface area contributed by atoms with Crippen molar-refractivity contribution in [3.63, 3.8) is 0 Å². The summed E-state index contributed by atoms with van der Waals surface area (Å²) in [5, 5.41) is 2.21. The van der Waals surface area contributed by atoms with Crippen LogP contribution in [0.2, 0.25) is 0 Å². The van der Waals surface area contributed by atoms with Crippen LogP contribution < -0.4 is 4.90 Å². The zero-order chi connectivity index (χ0) is 33.3. The molecule has 0 bridgehead atoms. The Labute approximate surface area is 292 Å². The molecule has 0 saturated carbocycles. The second-order valence-corrected chi connectivity index (χ2v) is 12.5. The summed E-state index contributed by atoms with van der Waals surface area (Å²) in [6.07, 6.45) is 0. The molecule has 236 valence electrons. The minimum absolute atomic E-state index is 0.864. The quantitative estimate of drug-likeness (QED) is 0.173. The fourth-order valence-electron chi connectivity index (χ4n) is 7.08. The van der Waals surface area contributed by atoms with Gasteiger partial charge in [0.2, 0.25) is 0 Å². The largest absolute Gasteiger partial charge is 0.453 e. The van der Waals surface area contributed by atoms with E-state index in [-0.39, 0.29) is 0 Å². The third-order valence-corrected chi connectivity index (χ3v) is 9.49. The summed E-state index contributed by atoms with van der Waals surface area (Å²) in [4.78, 5) is 2.30. The molecule has 0 aliphatic heterocycles. The highest BCUT2D eigenvalue weighted by Gasteiger charge is 2.21. The fraction of sp³-hybridized carbons (Fsp3) is 0. The first-order valence-electron chi connectivity index (χ1n) is 17.0. The molecular weight excluding hydrogens is 607 g/mol. The highest BCUT2D eigenvalue weighted by Crippen LogP contribution is 2.44. The first kappa shape index (κ1) is 29.5. The van der Waals surface area contributed by atoms with E-state index in [1.807, 2.05) is 6.07 Å². The number of hydrogen-bond donors (Lipinski definition) is 0. The lowest BCUT2D eigenvalue weighted by molar-refractivity contribution is 0.670. The van der Waals surface area contributed by atoms with Crippen LogP contribution in [-0.2, 0) is 0 Å². The van der Waals surface area contributed by atoms with Crippen molar-refractivity contribution in [3.8, 4) is 44.5 Å². The van der Waals surface area contributed by atoms with Crippen molar-refractivity contribution in [2.45, 2.75) is 0 Å². The van der Waals surface area contributed by atoms with Gasteiger partial charge < -0.3 is 9.32 Å². The van der Waals surface area contributed by atoms with Gasteiger partial charge in [0.25, 0.3) is 0 Å². The molecule has 0 fully saturated rings. The number of furan rings is 1. The molecule has 9 aromatic rings. The molecule has 0 radical (unpaired) electrons. The van der Waals surface area contributed by atoms with Crippen LogP contribution in [0.3, 0.4) is 0 Å². The summed E-state index contributed by atoms with van der Waals surface area (Å²) in [6, 6.07) is 70.8. The minimum Gasteiger partial charge on any atom is -0.453 e. The molecule has 1 aromatic heterocycles. The van der Waals surface area contributed by atoms with Gasteiger partial charge in [0.1, 0.15) is 5.58 Å². The van der Waals surface area contributed by atoms with Crippen molar-refractivity contribution in [1.82, 2.24) is 0 Å². The van der Waals surface area contributed by atoms with Crippen molar-refractivity contribution in [3.05, 3.63) is 200 Å². The molecule has 0 spiro atoms. The minimum atomic E-state index is 0.864. The zero-order valence-electron chi connectivity index (χ0n) is 27.4. The Balaban J connectivity index is 1.16. The summed E-state index contributed by atoms with van der Waals surface area (Å²) in [5.41, 5.74) is 14.3. The average molecular weight is 640 g/mol. The van der Waals surface area contributed by atoms with E-state index in [2.05, 4.69) is 199 Å². The van der Waals surface area contributed by atoms with Crippen molar-refractivity contribution < 1.29 is 4.42 Å². The highest BCUT2D eigenvalue weighted by molar-refractivity contribution is 6.13. The first-order valence-corrected chi connectivity index (χ1v) is 17.0. The van der Waals surface area contributed by atoms with E-state index in [0.717, 1.165) is 55.7 Å². The maximum absolute atomic E-state index is 6.85. The van der Waals surface area contributed by atoms with Crippen molar-refractivity contribution in [1.29, 1.82) is 0 Å². The number of benzene rings is 8. The van der Waals surface area contributed by atoms with Crippen LogP contribution in [0, 0.1) is 0 Å². The molecule has 1 heterocycles. The Hall–Kier alpha value is -6.64. The van der Waals surface area contributed by atoms with Gasteiger partial charge in [-0.3, -0.25) is 0 Å². The van der Waals surface area contributed by atoms with Crippen LogP contribution in [0.5, 0.6) is 0 Å². The van der Waals surface area contributed by atoms with E-state index >= 15 is 0 Å². The molecule has 50 heavy (non-hydrogen) atoms. The third kappa shape index (κ3) is 5.34. The van der Waals surface area contributed by atoms with Gasteiger partial charge in [-0.1, -0.05) is 164 Å². The summed E-state index contributed by atoms with van der Waals surface area (Å²) >= 11 is 0. The monoisotopic (exact) mass is 639 g/mol. The Kier molecular flexibility index (Phi) is 7.53. The topological polar surface area (TPSA) is 16.4 Å². The van der Waals surface area contributed by atoms with Crippen LogP contribution in [0.25, 0.3) is 66.4 Å². The molecule has 0 aliphatic carbocycles. The SMILES string of the molecule is c1ccc(-c2ccc(-c3ccc(N(c4ccccc4)c4cccc5c4oc4c(-c6ccccc6)cccc45)cc3)cc2-c2ccccc2)cc1. The van der Waals surface area contributed by atoms with Crippen molar-refractivity contribution in [2.24, 2.45) is 0 Å². The average Bonchev–Trinajstić information content (AvgIpc) is 3.59. The summed E-state index contributed by atoms with van der Waals surface area (Å²) in [6.45, 7) is 0. The number of nitrogens with zero attached hydrogens (tertiary/aromatic N) is 1. The molecule has 0 N–H and O–H groups in total. The zero-order valence-corrected chi connectivity index (χ0v) is 27.4. The van der Waals surface area contributed by atoms with E-state index in [0.29, 0.717) is 0 Å². The van der Waals surface area contributed by atoms with Gasteiger partial charge in [-0.15, -0.1) is 0 Å². The molecule has 0 saturated heterocycles. The third-order valence-electron chi connectivity index (χ3n) is 9.49. The number of fused-ring (bicyclic) bond motifs is 3. The standard InChI is InChI=1S/C48H33NO/c1-5-15-35(16-6-1)41-32-29-38(33-45(41)37-19-9-3-10-20-37)34-27-30-40(31-28-34)49(39-21-11-4-12-22-39)46-26-14-25-44-43-24-13-23-42(47(43)50-48(44)46)36-17-7-2-8-18-36/h1-33H. The predicted molar refractivity (Wildman–Crippen MR) is 210 cm³/mol. The second kappa shape index (κ2) is 12.8.